The Balaban J connectivity index is 1.63. The van der Waals surface area contributed by atoms with Crippen molar-refractivity contribution in [1.82, 2.24) is 14.9 Å². The lowest BCUT2D eigenvalue weighted by atomic mass is 9.88. The molecule has 3 heterocycles. The summed E-state index contributed by atoms with van der Waals surface area (Å²) in [6, 6.07) is 5.32. The number of carbonyl (C=O) groups is 2. The number of rotatable bonds is 2. The first-order valence-electron chi connectivity index (χ1n) is 7.33. The SMILES string of the molecule is CCN1OC2(CCN(C(=O)c3ccccn3)CC2)CC1=O. The molecule has 1 aromatic rings. The van der Waals surface area contributed by atoms with Crippen LogP contribution >= 0.6 is 0 Å². The molecule has 2 fully saturated rings. The fraction of sp³-hybridized carbons (Fsp3) is 0.533. The topological polar surface area (TPSA) is 62.7 Å². The fourth-order valence-electron chi connectivity index (χ4n) is 2.96. The van der Waals surface area contributed by atoms with Crippen LogP contribution in [0.4, 0.5) is 0 Å². The first-order chi connectivity index (χ1) is 10.1. The smallest absolute Gasteiger partial charge is 0.272 e. The largest absolute Gasteiger partial charge is 0.337 e. The maximum atomic E-state index is 12.3. The molecule has 0 saturated carbocycles. The molecule has 0 radical (unpaired) electrons. The highest BCUT2D eigenvalue weighted by atomic mass is 16.7. The van der Waals surface area contributed by atoms with Crippen LogP contribution in [-0.4, -0.2) is 52.0 Å². The van der Waals surface area contributed by atoms with Gasteiger partial charge in [-0.15, -0.1) is 0 Å². The van der Waals surface area contributed by atoms with Crippen molar-refractivity contribution < 1.29 is 14.4 Å². The minimum Gasteiger partial charge on any atom is -0.337 e. The molecule has 0 N–H and O–H groups in total. The summed E-state index contributed by atoms with van der Waals surface area (Å²) in [4.78, 5) is 35.9. The Bertz CT molecular complexity index is 538. The number of carbonyl (C=O) groups excluding carboxylic acids is 2. The van der Waals surface area contributed by atoms with Gasteiger partial charge in [-0.25, -0.2) is 5.06 Å². The van der Waals surface area contributed by atoms with Crippen LogP contribution in [0.15, 0.2) is 24.4 Å². The quantitative estimate of drug-likeness (QED) is 0.822. The van der Waals surface area contributed by atoms with Crippen molar-refractivity contribution in [2.45, 2.75) is 31.8 Å². The molecule has 0 atom stereocenters. The summed E-state index contributed by atoms with van der Waals surface area (Å²) >= 11 is 0. The molecular formula is C15H19N3O3. The molecule has 2 saturated heterocycles. The van der Waals surface area contributed by atoms with Gasteiger partial charge in [0.25, 0.3) is 5.91 Å². The van der Waals surface area contributed by atoms with E-state index in [1.165, 1.54) is 5.06 Å². The predicted molar refractivity (Wildman–Crippen MR) is 75.2 cm³/mol. The average molecular weight is 289 g/mol. The van der Waals surface area contributed by atoms with Gasteiger partial charge in [0.1, 0.15) is 11.3 Å². The highest BCUT2D eigenvalue weighted by Crippen LogP contribution is 2.36. The van der Waals surface area contributed by atoms with Gasteiger partial charge in [0.2, 0.25) is 5.91 Å². The van der Waals surface area contributed by atoms with Crippen LogP contribution in [0, 0.1) is 0 Å². The monoisotopic (exact) mass is 289 g/mol. The van der Waals surface area contributed by atoms with Crippen LogP contribution in [0.3, 0.4) is 0 Å². The number of amides is 2. The van der Waals surface area contributed by atoms with Crippen LogP contribution in [0.25, 0.3) is 0 Å². The molecule has 6 heteroatoms. The van der Waals surface area contributed by atoms with Gasteiger partial charge >= 0.3 is 0 Å². The van der Waals surface area contributed by atoms with Crippen molar-refractivity contribution >= 4 is 11.8 Å². The molecule has 2 aliphatic rings. The van der Waals surface area contributed by atoms with Crippen molar-refractivity contribution in [2.75, 3.05) is 19.6 Å². The van der Waals surface area contributed by atoms with E-state index in [4.69, 9.17) is 4.84 Å². The first-order valence-corrected chi connectivity index (χ1v) is 7.33. The van der Waals surface area contributed by atoms with E-state index in [0.29, 0.717) is 44.6 Å². The van der Waals surface area contributed by atoms with Gasteiger partial charge in [-0.1, -0.05) is 6.07 Å². The number of nitrogens with zero attached hydrogens (tertiary/aromatic N) is 3. The van der Waals surface area contributed by atoms with E-state index in [-0.39, 0.29) is 11.8 Å². The van der Waals surface area contributed by atoms with E-state index in [1.54, 1.807) is 23.2 Å². The zero-order valence-corrected chi connectivity index (χ0v) is 12.1. The Morgan fingerprint density at radius 1 is 1.38 bits per heavy atom. The molecule has 2 aliphatic heterocycles. The molecule has 0 bridgehead atoms. The van der Waals surface area contributed by atoms with Gasteiger partial charge in [0, 0.05) is 25.8 Å². The van der Waals surface area contributed by atoms with Gasteiger partial charge < -0.3 is 4.90 Å². The highest BCUT2D eigenvalue weighted by Gasteiger charge is 2.47. The van der Waals surface area contributed by atoms with E-state index in [2.05, 4.69) is 4.98 Å². The number of piperidine rings is 1. The normalized spacial score (nSPS) is 21.1. The molecule has 0 aromatic carbocycles. The highest BCUT2D eigenvalue weighted by molar-refractivity contribution is 5.92. The minimum atomic E-state index is -0.409. The average Bonchev–Trinajstić information content (AvgIpc) is 2.84. The van der Waals surface area contributed by atoms with Crippen LogP contribution in [0.5, 0.6) is 0 Å². The Hall–Kier alpha value is -1.95. The summed E-state index contributed by atoms with van der Waals surface area (Å²) in [7, 11) is 0. The molecular weight excluding hydrogens is 270 g/mol. The molecule has 0 aliphatic carbocycles. The number of likely N-dealkylation sites (tertiary alicyclic amines) is 1. The molecule has 3 rings (SSSR count). The second-order valence-electron chi connectivity index (χ2n) is 5.55. The Kier molecular flexibility index (Phi) is 3.63. The van der Waals surface area contributed by atoms with Gasteiger partial charge in [0.15, 0.2) is 0 Å². The number of hydrogen-bond acceptors (Lipinski definition) is 4. The lowest BCUT2D eigenvalue weighted by Crippen LogP contribution is -2.47. The first kappa shape index (κ1) is 14.0. The molecule has 0 unspecified atom stereocenters. The number of aromatic nitrogens is 1. The second-order valence-corrected chi connectivity index (χ2v) is 5.55. The van der Waals surface area contributed by atoms with E-state index in [1.807, 2.05) is 13.0 Å². The predicted octanol–water partition coefficient (Wildman–Crippen LogP) is 1.24. The summed E-state index contributed by atoms with van der Waals surface area (Å²) in [5.74, 6) is -0.0101. The van der Waals surface area contributed by atoms with E-state index < -0.39 is 5.60 Å². The maximum absolute atomic E-state index is 12.3. The van der Waals surface area contributed by atoms with Crippen LogP contribution in [0.2, 0.25) is 0 Å². The molecule has 1 aromatic heterocycles. The third-order valence-electron chi connectivity index (χ3n) is 4.19. The van der Waals surface area contributed by atoms with Gasteiger partial charge in [0.05, 0.1) is 6.42 Å². The van der Waals surface area contributed by atoms with Crippen molar-refractivity contribution in [3.05, 3.63) is 30.1 Å². The lowest BCUT2D eigenvalue weighted by molar-refractivity contribution is -0.206. The molecule has 1 spiro atoms. The number of pyridine rings is 1. The number of hydrogen-bond donors (Lipinski definition) is 0. The third-order valence-corrected chi connectivity index (χ3v) is 4.19. The second kappa shape index (κ2) is 5.44. The summed E-state index contributed by atoms with van der Waals surface area (Å²) in [6.07, 6.45) is 3.42. The summed E-state index contributed by atoms with van der Waals surface area (Å²) in [5, 5.41) is 1.44. The van der Waals surface area contributed by atoms with E-state index in [0.717, 1.165) is 0 Å². The third kappa shape index (κ3) is 2.63. The van der Waals surface area contributed by atoms with E-state index in [9.17, 15) is 9.59 Å². The van der Waals surface area contributed by atoms with E-state index >= 15 is 0 Å². The Morgan fingerprint density at radius 3 is 2.71 bits per heavy atom. The van der Waals surface area contributed by atoms with Crippen molar-refractivity contribution in [1.29, 1.82) is 0 Å². The van der Waals surface area contributed by atoms with Crippen LogP contribution in [-0.2, 0) is 9.63 Å². The molecule has 21 heavy (non-hydrogen) atoms. The molecule has 112 valence electrons. The number of hydroxylamine groups is 2. The lowest BCUT2D eigenvalue weighted by Gasteiger charge is -2.37. The summed E-state index contributed by atoms with van der Waals surface area (Å²) in [6.45, 7) is 3.66. The Morgan fingerprint density at radius 2 is 2.14 bits per heavy atom. The Labute approximate surface area is 123 Å². The zero-order chi connectivity index (χ0) is 14.9. The summed E-state index contributed by atoms with van der Waals surface area (Å²) in [5.41, 5.74) is 0.0561. The standard InChI is InChI=1S/C15H19N3O3/c1-2-18-13(19)11-15(21-18)6-9-17(10-7-15)14(20)12-5-3-4-8-16-12/h3-5,8H,2,6-7,9-11H2,1H3. The van der Waals surface area contributed by atoms with Gasteiger partial charge in [-0.3, -0.25) is 19.4 Å². The van der Waals surface area contributed by atoms with Gasteiger partial charge in [-0.2, -0.15) is 0 Å². The minimum absolute atomic E-state index is 0.0435. The van der Waals surface area contributed by atoms with Gasteiger partial charge in [-0.05, 0) is 31.9 Å². The maximum Gasteiger partial charge on any atom is 0.272 e. The molecule has 6 nitrogen and oxygen atoms in total. The van der Waals surface area contributed by atoms with Crippen molar-refractivity contribution in [2.24, 2.45) is 0 Å². The van der Waals surface area contributed by atoms with Crippen LogP contribution in [0.1, 0.15) is 36.7 Å². The van der Waals surface area contributed by atoms with Crippen molar-refractivity contribution in [3.63, 3.8) is 0 Å². The van der Waals surface area contributed by atoms with Crippen LogP contribution < -0.4 is 0 Å². The molecule has 2 amide bonds. The van der Waals surface area contributed by atoms with Crippen molar-refractivity contribution in [3.8, 4) is 0 Å². The fourth-order valence-corrected chi connectivity index (χ4v) is 2.96. The zero-order valence-electron chi connectivity index (χ0n) is 12.1. The summed E-state index contributed by atoms with van der Waals surface area (Å²) < 4.78 is 0.